The van der Waals surface area contributed by atoms with Gasteiger partial charge in [0.15, 0.2) is 11.5 Å². The van der Waals surface area contributed by atoms with Gasteiger partial charge in [0.25, 0.3) is 5.56 Å². The number of nitrogens with zero attached hydrogens (tertiary/aromatic N) is 3. The lowest BCUT2D eigenvalue weighted by Gasteiger charge is -2.25. The summed E-state index contributed by atoms with van der Waals surface area (Å²) < 4.78 is 11.7. The van der Waals surface area contributed by atoms with Gasteiger partial charge in [0, 0.05) is 18.9 Å². The highest BCUT2D eigenvalue weighted by atomic mass is 16.5. The number of rotatable bonds is 6. The maximum absolute atomic E-state index is 12.8. The lowest BCUT2D eigenvalue weighted by molar-refractivity contribution is -0.132. The van der Waals surface area contributed by atoms with Crippen LogP contribution in [0.15, 0.2) is 26.8 Å². The Morgan fingerprint density at radius 2 is 1.74 bits per heavy atom. The van der Waals surface area contributed by atoms with Gasteiger partial charge in [0.1, 0.15) is 5.56 Å². The Balaban J connectivity index is 1.81. The first-order chi connectivity index (χ1) is 16.8. The van der Waals surface area contributed by atoms with Crippen molar-refractivity contribution < 1.29 is 24.5 Å². The molecule has 1 aromatic heterocycles. The van der Waals surface area contributed by atoms with Crippen molar-refractivity contribution in [3.8, 4) is 23.1 Å². The van der Waals surface area contributed by atoms with Gasteiger partial charge in [-0.1, -0.05) is 26.2 Å². The Kier molecular flexibility index (Phi) is 6.86. The van der Waals surface area contributed by atoms with Crippen molar-refractivity contribution in [2.45, 2.75) is 64.0 Å². The number of phenolic OH excluding ortho intramolecular Hbond substituents is 1. The topological polar surface area (TPSA) is 146 Å². The van der Waals surface area contributed by atoms with Gasteiger partial charge in [0.2, 0.25) is 17.5 Å². The summed E-state index contributed by atoms with van der Waals surface area (Å²) in [5.41, 5.74) is -0.791. The largest absolute Gasteiger partial charge is 0.502 e. The highest BCUT2D eigenvalue weighted by Gasteiger charge is 2.36. The number of aromatic amines is 1. The van der Waals surface area contributed by atoms with Crippen molar-refractivity contribution in [3.63, 3.8) is 0 Å². The standard InChI is InChI=1S/C24H30N4O7/c1-4-19(29)28-16(13-10-17(34-2)21(30)18(11-13)35-3)12-15(26-28)20-22(31)25-24(33)27(23(20)32)14-8-6-5-7-9-14/h10-11,14,16,30,32H,4-9,12H2,1-3H3,(H,25,31,33)/t16-/m0/s1. The Labute approximate surface area is 201 Å². The van der Waals surface area contributed by atoms with E-state index in [4.69, 9.17) is 9.47 Å². The SMILES string of the molecule is CCC(=O)N1N=C(c2c(O)n(C3CCCCC3)c(=O)[nH]c2=O)C[C@H]1c1cc(OC)c(O)c(OC)c1. The third-order valence-electron chi connectivity index (χ3n) is 6.70. The first kappa shape index (κ1) is 24.4. The summed E-state index contributed by atoms with van der Waals surface area (Å²) >= 11 is 0. The molecule has 0 saturated heterocycles. The number of benzene rings is 1. The van der Waals surface area contributed by atoms with Crippen LogP contribution in [0.25, 0.3) is 0 Å². The minimum Gasteiger partial charge on any atom is -0.502 e. The summed E-state index contributed by atoms with van der Waals surface area (Å²) in [6.45, 7) is 1.69. The molecule has 1 fully saturated rings. The van der Waals surface area contributed by atoms with Crippen LogP contribution in [0.1, 0.15) is 75.1 Å². The second-order valence-electron chi connectivity index (χ2n) is 8.75. The predicted octanol–water partition coefficient (Wildman–Crippen LogP) is 2.56. The second-order valence-corrected chi connectivity index (χ2v) is 8.75. The first-order valence-electron chi connectivity index (χ1n) is 11.7. The van der Waals surface area contributed by atoms with Crippen LogP contribution in [0.4, 0.5) is 0 Å². The van der Waals surface area contributed by atoms with Gasteiger partial charge in [-0.2, -0.15) is 5.10 Å². The molecular formula is C24H30N4O7. The fourth-order valence-electron chi connectivity index (χ4n) is 4.90. The normalized spacial score (nSPS) is 18.4. The van der Waals surface area contributed by atoms with Gasteiger partial charge in [-0.05, 0) is 30.5 Å². The van der Waals surface area contributed by atoms with Crippen molar-refractivity contribution in [1.29, 1.82) is 0 Å². The molecule has 35 heavy (non-hydrogen) atoms. The maximum Gasteiger partial charge on any atom is 0.331 e. The smallest absolute Gasteiger partial charge is 0.331 e. The molecule has 2 aliphatic rings. The van der Waals surface area contributed by atoms with E-state index in [1.54, 1.807) is 19.1 Å². The molecule has 2 heterocycles. The Morgan fingerprint density at radius 1 is 1.11 bits per heavy atom. The number of nitrogens with one attached hydrogen (secondary N) is 1. The van der Waals surface area contributed by atoms with Gasteiger partial charge in [0.05, 0.1) is 26.0 Å². The molecule has 0 bridgehead atoms. The number of carbonyl (C=O) groups is 1. The average Bonchev–Trinajstić information content (AvgIpc) is 3.29. The molecule has 0 radical (unpaired) electrons. The number of H-pyrrole nitrogens is 1. The number of aromatic nitrogens is 2. The van der Waals surface area contributed by atoms with Crippen molar-refractivity contribution in [2.24, 2.45) is 5.10 Å². The lowest BCUT2D eigenvalue weighted by Crippen LogP contribution is -2.36. The maximum atomic E-state index is 12.8. The zero-order chi connectivity index (χ0) is 25.3. The third kappa shape index (κ3) is 4.38. The van der Waals surface area contributed by atoms with Gasteiger partial charge in [-0.25, -0.2) is 9.80 Å². The predicted molar refractivity (Wildman–Crippen MR) is 127 cm³/mol. The minimum atomic E-state index is -0.760. The molecule has 0 unspecified atom stereocenters. The molecule has 1 saturated carbocycles. The molecular weight excluding hydrogens is 456 g/mol. The van der Waals surface area contributed by atoms with E-state index in [9.17, 15) is 24.6 Å². The molecule has 1 aromatic carbocycles. The number of carbonyl (C=O) groups excluding carboxylic acids is 1. The van der Waals surface area contributed by atoms with E-state index in [0.717, 1.165) is 32.1 Å². The van der Waals surface area contributed by atoms with E-state index < -0.39 is 23.2 Å². The number of methoxy groups -OCH3 is 2. The molecule has 1 atom stereocenters. The number of ether oxygens (including phenoxy) is 2. The van der Waals surface area contributed by atoms with E-state index in [2.05, 4.69) is 10.1 Å². The number of phenols is 1. The van der Waals surface area contributed by atoms with Gasteiger partial charge < -0.3 is 19.7 Å². The lowest BCUT2D eigenvalue weighted by atomic mass is 9.94. The van der Waals surface area contributed by atoms with Crippen molar-refractivity contribution >= 4 is 11.6 Å². The summed E-state index contributed by atoms with van der Waals surface area (Å²) in [6, 6.07) is 2.28. The summed E-state index contributed by atoms with van der Waals surface area (Å²) in [6.07, 6.45) is 4.62. The van der Waals surface area contributed by atoms with Crippen molar-refractivity contribution in [3.05, 3.63) is 44.1 Å². The number of aromatic hydroxyl groups is 2. The van der Waals surface area contributed by atoms with Crippen LogP contribution in [0.3, 0.4) is 0 Å². The van der Waals surface area contributed by atoms with Crippen LogP contribution in [-0.4, -0.2) is 50.6 Å². The molecule has 1 aliphatic carbocycles. The van der Waals surface area contributed by atoms with Crippen molar-refractivity contribution in [1.82, 2.24) is 14.6 Å². The van der Waals surface area contributed by atoms with Gasteiger partial charge in [-0.15, -0.1) is 0 Å². The van der Waals surface area contributed by atoms with Crippen LogP contribution < -0.4 is 20.7 Å². The van der Waals surface area contributed by atoms with Crippen LogP contribution in [0.2, 0.25) is 0 Å². The second kappa shape index (κ2) is 9.85. The summed E-state index contributed by atoms with van der Waals surface area (Å²) in [7, 11) is 2.80. The molecule has 3 N–H and O–H groups in total. The van der Waals surface area contributed by atoms with Gasteiger partial charge in [-0.3, -0.25) is 19.1 Å². The Hall–Kier alpha value is -3.76. The number of hydrogen-bond acceptors (Lipinski definition) is 8. The fraction of sp³-hybridized carbons (Fsp3) is 0.500. The zero-order valence-corrected chi connectivity index (χ0v) is 20.0. The Morgan fingerprint density at radius 3 is 2.31 bits per heavy atom. The highest BCUT2D eigenvalue weighted by Crippen LogP contribution is 2.43. The molecule has 1 amide bonds. The molecule has 188 valence electrons. The molecule has 11 nitrogen and oxygen atoms in total. The summed E-state index contributed by atoms with van der Waals surface area (Å²) in [4.78, 5) is 40.5. The zero-order valence-electron chi connectivity index (χ0n) is 20.0. The van der Waals surface area contributed by atoms with E-state index in [1.165, 1.54) is 23.8 Å². The molecule has 11 heteroatoms. The Bertz CT molecular complexity index is 1250. The molecule has 0 spiro atoms. The number of amides is 1. The van der Waals surface area contributed by atoms with E-state index in [0.29, 0.717) is 5.56 Å². The van der Waals surface area contributed by atoms with Crippen molar-refractivity contribution in [2.75, 3.05) is 14.2 Å². The number of hydrazone groups is 1. The van der Waals surface area contributed by atoms with Crippen LogP contribution in [0.5, 0.6) is 23.1 Å². The summed E-state index contributed by atoms with van der Waals surface area (Å²) in [5.74, 6) is -0.603. The molecule has 1 aliphatic heterocycles. The van der Waals surface area contributed by atoms with E-state index in [-0.39, 0.29) is 53.3 Å². The minimum absolute atomic E-state index is 0.0995. The monoisotopic (exact) mass is 486 g/mol. The van der Waals surface area contributed by atoms with Gasteiger partial charge >= 0.3 is 5.69 Å². The molecule has 4 rings (SSSR count). The average molecular weight is 487 g/mol. The first-order valence-corrected chi connectivity index (χ1v) is 11.7. The fourth-order valence-corrected chi connectivity index (χ4v) is 4.90. The van der Waals surface area contributed by atoms with Crippen LogP contribution in [-0.2, 0) is 4.79 Å². The van der Waals surface area contributed by atoms with Crippen LogP contribution in [0, 0.1) is 0 Å². The molecule has 2 aromatic rings. The third-order valence-corrected chi connectivity index (χ3v) is 6.70. The van der Waals surface area contributed by atoms with E-state index in [1.807, 2.05) is 0 Å². The quantitative estimate of drug-likeness (QED) is 0.569. The van der Waals surface area contributed by atoms with E-state index >= 15 is 0 Å². The summed E-state index contributed by atoms with van der Waals surface area (Å²) in [5, 5.41) is 27.1. The highest BCUT2D eigenvalue weighted by molar-refractivity contribution is 6.04. The number of hydrogen-bond donors (Lipinski definition) is 3. The van der Waals surface area contributed by atoms with Crippen LogP contribution >= 0.6 is 0 Å².